The van der Waals surface area contributed by atoms with Crippen molar-refractivity contribution in [3.8, 4) is 0 Å². The molecule has 2 aromatic carbocycles. The van der Waals surface area contributed by atoms with Gasteiger partial charge in [0, 0.05) is 0 Å². The lowest BCUT2D eigenvalue weighted by atomic mass is 9.91. The zero-order valence-corrected chi connectivity index (χ0v) is 14.9. The summed E-state index contributed by atoms with van der Waals surface area (Å²) in [5, 5.41) is 3.03. The first-order valence-corrected chi connectivity index (χ1v) is 7.55. The van der Waals surface area contributed by atoms with Gasteiger partial charge in [0.2, 0.25) is 5.91 Å². The standard InChI is InChI=1S/C19H24N2O.ClH/c1-13-10-11-17(14(2)12-13)15(3)21-18(22)19(4,20)16-8-6-5-7-9-16;/h5-12,15H,20H2,1-4H3,(H,21,22);1H. The molecule has 0 aliphatic heterocycles. The van der Waals surface area contributed by atoms with Crippen molar-refractivity contribution < 1.29 is 4.79 Å². The Morgan fingerprint density at radius 3 is 2.30 bits per heavy atom. The second-order valence-electron chi connectivity index (χ2n) is 6.12. The van der Waals surface area contributed by atoms with Crippen LogP contribution in [0.2, 0.25) is 0 Å². The molecule has 4 heteroatoms. The van der Waals surface area contributed by atoms with Crippen LogP contribution in [0.5, 0.6) is 0 Å². The van der Waals surface area contributed by atoms with Crippen molar-refractivity contribution in [3.05, 3.63) is 70.8 Å². The van der Waals surface area contributed by atoms with Crippen molar-refractivity contribution >= 4 is 18.3 Å². The van der Waals surface area contributed by atoms with Gasteiger partial charge in [0.1, 0.15) is 5.54 Å². The summed E-state index contributed by atoms with van der Waals surface area (Å²) in [5.74, 6) is -0.175. The van der Waals surface area contributed by atoms with Crippen LogP contribution in [0.1, 0.15) is 42.1 Å². The van der Waals surface area contributed by atoms with Gasteiger partial charge in [-0.15, -0.1) is 12.4 Å². The summed E-state index contributed by atoms with van der Waals surface area (Å²) >= 11 is 0. The molecule has 2 rings (SSSR count). The predicted octanol–water partition coefficient (Wildman–Crippen LogP) is 3.78. The molecule has 0 radical (unpaired) electrons. The molecule has 3 nitrogen and oxygen atoms in total. The van der Waals surface area contributed by atoms with Gasteiger partial charge < -0.3 is 11.1 Å². The summed E-state index contributed by atoms with van der Waals surface area (Å²) in [6.07, 6.45) is 0. The van der Waals surface area contributed by atoms with Crippen molar-refractivity contribution in [3.63, 3.8) is 0 Å². The number of aryl methyl sites for hydroxylation is 2. The van der Waals surface area contributed by atoms with E-state index in [0.717, 1.165) is 11.1 Å². The first-order valence-electron chi connectivity index (χ1n) is 7.55. The van der Waals surface area contributed by atoms with E-state index in [-0.39, 0.29) is 24.4 Å². The molecule has 0 aliphatic carbocycles. The minimum absolute atomic E-state index is 0. The second kappa shape index (κ2) is 7.62. The molecule has 3 N–H and O–H groups in total. The third-order valence-electron chi connectivity index (χ3n) is 4.08. The van der Waals surface area contributed by atoms with Crippen LogP contribution in [0.25, 0.3) is 0 Å². The topological polar surface area (TPSA) is 55.1 Å². The maximum absolute atomic E-state index is 12.6. The van der Waals surface area contributed by atoms with Crippen molar-refractivity contribution in [1.29, 1.82) is 0 Å². The Kier molecular flexibility index (Phi) is 6.37. The molecule has 124 valence electrons. The molecule has 0 fully saturated rings. The van der Waals surface area contributed by atoms with E-state index in [1.807, 2.05) is 37.3 Å². The van der Waals surface area contributed by atoms with E-state index in [0.29, 0.717) is 0 Å². The van der Waals surface area contributed by atoms with E-state index in [2.05, 4.69) is 37.4 Å². The fourth-order valence-electron chi connectivity index (χ4n) is 2.65. The molecule has 0 saturated carbocycles. The Morgan fingerprint density at radius 1 is 1.13 bits per heavy atom. The lowest BCUT2D eigenvalue weighted by Crippen LogP contribution is -2.49. The highest BCUT2D eigenvalue weighted by molar-refractivity contribution is 5.87. The number of nitrogens with two attached hydrogens (primary N) is 1. The molecule has 0 aliphatic rings. The minimum Gasteiger partial charge on any atom is -0.348 e. The lowest BCUT2D eigenvalue weighted by molar-refractivity contribution is -0.126. The van der Waals surface area contributed by atoms with Gasteiger partial charge in [-0.05, 0) is 44.4 Å². The highest BCUT2D eigenvalue weighted by Crippen LogP contribution is 2.22. The average Bonchev–Trinajstić information content (AvgIpc) is 2.47. The number of carbonyl (C=O) groups excluding carboxylic acids is 1. The summed E-state index contributed by atoms with van der Waals surface area (Å²) in [6, 6.07) is 15.6. The summed E-state index contributed by atoms with van der Waals surface area (Å²) in [7, 11) is 0. The minimum atomic E-state index is -1.05. The first kappa shape index (κ1) is 19.2. The van der Waals surface area contributed by atoms with Gasteiger partial charge in [-0.3, -0.25) is 4.79 Å². The van der Waals surface area contributed by atoms with Gasteiger partial charge in [0.25, 0.3) is 0 Å². The maximum Gasteiger partial charge on any atom is 0.244 e. The summed E-state index contributed by atoms with van der Waals surface area (Å²) in [5.41, 5.74) is 9.52. The fraction of sp³-hybridized carbons (Fsp3) is 0.316. The van der Waals surface area contributed by atoms with Gasteiger partial charge in [-0.1, -0.05) is 54.1 Å². The van der Waals surface area contributed by atoms with Gasteiger partial charge >= 0.3 is 0 Å². The average molecular weight is 333 g/mol. The number of carbonyl (C=O) groups is 1. The van der Waals surface area contributed by atoms with Crippen molar-refractivity contribution in [2.24, 2.45) is 5.73 Å². The molecule has 1 amide bonds. The molecule has 0 bridgehead atoms. The van der Waals surface area contributed by atoms with Gasteiger partial charge in [0.15, 0.2) is 0 Å². The number of benzene rings is 2. The Morgan fingerprint density at radius 2 is 1.74 bits per heavy atom. The predicted molar refractivity (Wildman–Crippen MR) is 97.7 cm³/mol. The Balaban J connectivity index is 0.00000264. The fourth-order valence-corrected chi connectivity index (χ4v) is 2.65. The summed E-state index contributed by atoms with van der Waals surface area (Å²) in [4.78, 5) is 12.6. The molecule has 2 unspecified atom stereocenters. The molecule has 0 saturated heterocycles. The molecular formula is C19H25ClN2O. The first-order chi connectivity index (χ1) is 10.3. The van der Waals surface area contributed by atoms with Crippen LogP contribution in [-0.4, -0.2) is 5.91 Å². The Bertz CT molecular complexity index is 668. The van der Waals surface area contributed by atoms with E-state index in [1.165, 1.54) is 11.1 Å². The van der Waals surface area contributed by atoms with Crippen LogP contribution < -0.4 is 11.1 Å². The van der Waals surface area contributed by atoms with Gasteiger partial charge in [-0.2, -0.15) is 0 Å². The molecular weight excluding hydrogens is 308 g/mol. The monoisotopic (exact) mass is 332 g/mol. The SMILES string of the molecule is Cc1ccc(C(C)NC(=O)C(C)(N)c2ccccc2)c(C)c1.Cl. The van der Waals surface area contributed by atoms with Crippen LogP contribution >= 0.6 is 12.4 Å². The van der Waals surface area contributed by atoms with Crippen LogP contribution in [0.4, 0.5) is 0 Å². The van der Waals surface area contributed by atoms with Gasteiger partial charge in [-0.25, -0.2) is 0 Å². The molecule has 23 heavy (non-hydrogen) atoms. The van der Waals surface area contributed by atoms with Crippen LogP contribution in [0.15, 0.2) is 48.5 Å². The summed E-state index contributed by atoms with van der Waals surface area (Å²) < 4.78 is 0. The molecule has 0 spiro atoms. The van der Waals surface area contributed by atoms with E-state index in [4.69, 9.17) is 5.73 Å². The zero-order chi connectivity index (χ0) is 16.3. The highest BCUT2D eigenvalue weighted by Gasteiger charge is 2.31. The normalized spacial score (nSPS) is 14.3. The lowest BCUT2D eigenvalue weighted by Gasteiger charge is -2.27. The van der Waals surface area contributed by atoms with E-state index in [1.54, 1.807) is 6.92 Å². The second-order valence-corrected chi connectivity index (χ2v) is 6.12. The van der Waals surface area contributed by atoms with Crippen LogP contribution in [0.3, 0.4) is 0 Å². The zero-order valence-electron chi connectivity index (χ0n) is 14.1. The number of hydrogen-bond donors (Lipinski definition) is 2. The quantitative estimate of drug-likeness (QED) is 0.895. The smallest absolute Gasteiger partial charge is 0.244 e. The molecule has 0 heterocycles. The van der Waals surface area contributed by atoms with E-state index in [9.17, 15) is 4.79 Å². The number of hydrogen-bond acceptors (Lipinski definition) is 2. The molecule has 0 aromatic heterocycles. The maximum atomic E-state index is 12.6. The van der Waals surface area contributed by atoms with E-state index >= 15 is 0 Å². The number of rotatable bonds is 4. The number of amides is 1. The number of nitrogens with one attached hydrogen (secondary N) is 1. The Labute approximate surface area is 144 Å². The van der Waals surface area contributed by atoms with Gasteiger partial charge in [0.05, 0.1) is 6.04 Å². The highest BCUT2D eigenvalue weighted by atomic mass is 35.5. The largest absolute Gasteiger partial charge is 0.348 e. The van der Waals surface area contributed by atoms with Crippen molar-refractivity contribution in [1.82, 2.24) is 5.32 Å². The third kappa shape index (κ3) is 4.34. The Hall–Kier alpha value is -1.84. The molecule has 2 aromatic rings. The van der Waals surface area contributed by atoms with Crippen molar-refractivity contribution in [2.45, 2.75) is 39.3 Å². The summed E-state index contributed by atoms with van der Waals surface area (Å²) in [6.45, 7) is 7.85. The van der Waals surface area contributed by atoms with Crippen LogP contribution in [-0.2, 0) is 10.3 Å². The molecule has 2 atom stereocenters. The van der Waals surface area contributed by atoms with Crippen molar-refractivity contribution in [2.75, 3.05) is 0 Å². The third-order valence-corrected chi connectivity index (χ3v) is 4.08. The number of halogens is 1. The van der Waals surface area contributed by atoms with Crippen LogP contribution in [0, 0.1) is 13.8 Å². The van der Waals surface area contributed by atoms with E-state index < -0.39 is 5.54 Å².